The summed E-state index contributed by atoms with van der Waals surface area (Å²) < 4.78 is 26.2. The van der Waals surface area contributed by atoms with Crippen molar-refractivity contribution in [1.29, 1.82) is 0 Å². The number of hydrogen-bond acceptors (Lipinski definition) is 8. The molecule has 0 heterocycles. The molecule has 3 atom stereocenters. The van der Waals surface area contributed by atoms with Crippen LogP contribution in [-0.2, 0) is 27.5 Å². The number of carbonyl (C=O) groups excluding carboxylic acids is 2. The fraction of sp³-hybridized carbons (Fsp3) is 0.762. The largest absolute Gasteiger partial charge is 0.500 e. The third-order valence-electron chi connectivity index (χ3n) is 5.80. The van der Waals surface area contributed by atoms with Crippen molar-refractivity contribution in [1.82, 2.24) is 10.6 Å². The van der Waals surface area contributed by atoms with Gasteiger partial charge >= 0.3 is 27.0 Å². The fourth-order valence-corrected chi connectivity index (χ4v) is 5.43. The minimum atomic E-state index is -2.66. The molecule has 0 aromatic carbocycles. The van der Waals surface area contributed by atoms with Gasteiger partial charge in [-0.05, 0) is 44.4 Å². The molecule has 0 saturated heterocycles. The Hall–Kier alpha value is -2.15. The van der Waals surface area contributed by atoms with Gasteiger partial charge in [0.25, 0.3) is 0 Å². The van der Waals surface area contributed by atoms with Crippen molar-refractivity contribution in [3.63, 3.8) is 0 Å². The van der Waals surface area contributed by atoms with Crippen LogP contribution in [-0.4, -0.2) is 79.2 Å². The van der Waals surface area contributed by atoms with E-state index in [1.807, 2.05) is 0 Å². The molecule has 1 aliphatic rings. The van der Waals surface area contributed by atoms with E-state index in [2.05, 4.69) is 17.2 Å². The molecule has 0 bridgehead atoms. The molecule has 12 heteroatoms. The van der Waals surface area contributed by atoms with Crippen molar-refractivity contribution in [2.75, 3.05) is 41.0 Å². The SMILES string of the molecule is C=C(C(=O)O)C(C)OC(=O)NCC1CCCC(CNC(=O)OCCC[Si](OC)(OC)OC)C1. The predicted molar refractivity (Wildman–Crippen MR) is 122 cm³/mol. The molecular weight excluding hydrogens is 452 g/mol. The summed E-state index contributed by atoms with van der Waals surface area (Å²) in [6, 6.07) is 0.548. The lowest BCUT2D eigenvalue weighted by molar-refractivity contribution is -0.133. The third kappa shape index (κ3) is 10.5. The molecule has 1 rings (SSSR count). The third-order valence-corrected chi connectivity index (χ3v) is 8.64. The van der Waals surface area contributed by atoms with Gasteiger partial charge in [-0.1, -0.05) is 13.0 Å². The molecule has 0 aromatic rings. The van der Waals surface area contributed by atoms with E-state index in [4.69, 9.17) is 27.9 Å². The summed E-state index contributed by atoms with van der Waals surface area (Å²) in [6.07, 6.45) is 2.31. The number of carbonyl (C=O) groups is 3. The van der Waals surface area contributed by atoms with Crippen LogP contribution in [0.4, 0.5) is 9.59 Å². The highest BCUT2D eigenvalue weighted by Gasteiger charge is 2.37. The van der Waals surface area contributed by atoms with Gasteiger partial charge in [-0.25, -0.2) is 14.4 Å². The summed E-state index contributed by atoms with van der Waals surface area (Å²) in [5.41, 5.74) is -0.182. The van der Waals surface area contributed by atoms with E-state index in [0.717, 1.165) is 25.7 Å². The summed E-state index contributed by atoms with van der Waals surface area (Å²) in [5.74, 6) is -0.663. The number of alkyl carbamates (subject to hydrolysis) is 2. The molecule has 11 nitrogen and oxygen atoms in total. The lowest BCUT2D eigenvalue weighted by Gasteiger charge is -2.29. The Balaban J connectivity index is 2.26. The average molecular weight is 491 g/mol. The number of nitrogens with one attached hydrogen (secondary N) is 2. The Kier molecular flexibility index (Phi) is 13.0. The zero-order valence-corrected chi connectivity index (χ0v) is 21.0. The second-order valence-electron chi connectivity index (χ2n) is 8.07. The number of rotatable bonds is 14. The standard InChI is InChI=1S/C21H38N2O9Si/c1-15(19(24)25)16(2)32-21(27)23-14-18-9-6-8-17(12-18)13-22-20(26)31-10-7-11-33(28-3,29-4)30-5/h16-18H,1,6-14H2,2-5H3,(H,22,26)(H,23,27)(H,24,25). The zero-order chi connectivity index (χ0) is 24.9. The van der Waals surface area contributed by atoms with E-state index in [1.165, 1.54) is 6.92 Å². The smallest absolute Gasteiger partial charge is 0.478 e. The lowest BCUT2D eigenvalue weighted by Crippen LogP contribution is -2.43. The van der Waals surface area contributed by atoms with E-state index < -0.39 is 33.1 Å². The Labute approximate surface area is 196 Å². The van der Waals surface area contributed by atoms with Gasteiger partial charge in [-0.2, -0.15) is 0 Å². The first-order valence-corrected chi connectivity index (χ1v) is 13.0. The van der Waals surface area contributed by atoms with Crippen LogP contribution >= 0.6 is 0 Å². The van der Waals surface area contributed by atoms with Gasteiger partial charge in [-0.3, -0.25) is 0 Å². The molecule has 0 spiro atoms. The first-order chi connectivity index (χ1) is 15.7. The topological polar surface area (TPSA) is 142 Å². The van der Waals surface area contributed by atoms with Gasteiger partial charge in [0, 0.05) is 40.5 Å². The summed E-state index contributed by atoms with van der Waals surface area (Å²) in [5, 5.41) is 14.4. The highest BCUT2D eigenvalue weighted by molar-refractivity contribution is 6.60. The van der Waals surface area contributed by atoms with Crippen LogP contribution in [0.25, 0.3) is 0 Å². The summed E-state index contributed by atoms with van der Waals surface area (Å²) >= 11 is 0. The van der Waals surface area contributed by atoms with Gasteiger partial charge in [0.15, 0.2) is 0 Å². The normalized spacial score (nSPS) is 19.3. The second-order valence-corrected chi connectivity index (χ2v) is 11.2. The maximum Gasteiger partial charge on any atom is 0.500 e. The van der Waals surface area contributed by atoms with Crippen molar-refractivity contribution in [2.45, 2.75) is 51.2 Å². The van der Waals surface area contributed by atoms with Gasteiger partial charge in [0.2, 0.25) is 0 Å². The lowest BCUT2D eigenvalue weighted by atomic mass is 9.81. The minimum Gasteiger partial charge on any atom is -0.478 e. The van der Waals surface area contributed by atoms with Crippen molar-refractivity contribution in [2.24, 2.45) is 11.8 Å². The van der Waals surface area contributed by atoms with E-state index in [9.17, 15) is 14.4 Å². The number of hydrogen-bond donors (Lipinski definition) is 3. The van der Waals surface area contributed by atoms with E-state index in [1.54, 1.807) is 21.3 Å². The van der Waals surface area contributed by atoms with E-state index >= 15 is 0 Å². The number of amides is 2. The van der Waals surface area contributed by atoms with Gasteiger partial charge in [0.05, 0.1) is 12.2 Å². The molecule has 0 aliphatic heterocycles. The molecular formula is C21H38N2O9Si. The second kappa shape index (κ2) is 14.9. The Morgan fingerprint density at radius 3 is 2.09 bits per heavy atom. The first-order valence-electron chi connectivity index (χ1n) is 11.1. The van der Waals surface area contributed by atoms with Crippen molar-refractivity contribution in [3.8, 4) is 0 Å². The van der Waals surface area contributed by atoms with E-state index in [0.29, 0.717) is 25.6 Å². The van der Waals surface area contributed by atoms with Crippen molar-refractivity contribution in [3.05, 3.63) is 12.2 Å². The maximum atomic E-state index is 12.0. The highest BCUT2D eigenvalue weighted by atomic mass is 28.4. The quantitative estimate of drug-likeness (QED) is 0.190. The van der Waals surface area contributed by atoms with Crippen LogP contribution in [0.2, 0.25) is 6.04 Å². The fourth-order valence-electron chi connectivity index (χ4n) is 3.74. The molecule has 0 radical (unpaired) electrons. The molecule has 0 aromatic heterocycles. The molecule has 33 heavy (non-hydrogen) atoms. The summed E-state index contributed by atoms with van der Waals surface area (Å²) in [4.78, 5) is 34.7. The molecule has 2 amide bonds. The molecule has 1 saturated carbocycles. The first kappa shape index (κ1) is 28.9. The van der Waals surface area contributed by atoms with Crippen LogP contribution < -0.4 is 10.6 Å². The Morgan fingerprint density at radius 1 is 1.03 bits per heavy atom. The van der Waals surface area contributed by atoms with Crippen LogP contribution in [0.1, 0.15) is 39.0 Å². The Morgan fingerprint density at radius 2 is 1.58 bits per heavy atom. The van der Waals surface area contributed by atoms with Crippen LogP contribution in [0, 0.1) is 11.8 Å². The predicted octanol–water partition coefficient (Wildman–Crippen LogP) is 2.54. The average Bonchev–Trinajstić information content (AvgIpc) is 2.81. The molecule has 190 valence electrons. The van der Waals surface area contributed by atoms with Gasteiger partial charge in [-0.15, -0.1) is 0 Å². The van der Waals surface area contributed by atoms with Crippen LogP contribution in [0.5, 0.6) is 0 Å². The van der Waals surface area contributed by atoms with E-state index in [-0.39, 0.29) is 24.0 Å². The number of aliphatic carboxylic acids is 1. The number of carboxylic acids is 1. The van der Waals surface area contributed by atoms with Crippen molar-refractivity contribution >= 4 is 27.0 Å². The van der Waals surface area contributed by atoms with Gasteiger partial charge < -0.3 is 38.5 Å². The summed E-state index contributed by atoms with van der Waals surface area (Å²) in [6.45, 7) is 6.01. The van der Waals surface area contributed by atoms with Crippen LogP contribution in [0.15, 0.2) is 12.2 Å². The molecule has 1 fully saturated rings. The number of carboxylic acid groups (broad SMARTS) is 1. The molecule has 3 unspecified atom stereocenters. The summed E-state index contributed by atoms with van der Waals surface area (Å²) in [7, 11) is 1.96. The van der Waals surface area contributed by atoms with Gasteiger partial charge in [0.1, 0.15) is 6.10 Å². The Bertz CT molecular complexity index is 649. The molecule has 1 aliphatic carbocycles. The highest BCUT2D eigenvalue weighted by Crippen LogP contribution is 2.28. The van der Waals surface area contributed by atoms with Crippen LogP contribution in [0.3, 0.4) is 0 Å². The minimum absolute atomic E-state index is 0.182. The van der Waals surface area contributed by atoms with Crippen molar-refractivity contribution < 1.29 is 42.2 Å². The zero-order valence-electron chi connectivity index (χ0n) is 20.0. The maximum absolute atomic E-state index is 12.0. The monoisotopic (exact) mass is 490 g/mol. The molecule has 3 N–H and O–H groups in total. The number of ether oxygens (including phenoxy) is 2.